The molecule has 0 saturated heterocycles. The number of furan rings is 1. The van der Waals surface area contributed by atoms with Crippen LogP contribution in [0.15, 0.2) is 16.5 Å². The molecule has 0 amide bonds. The van der Waals surface area contributed by atoms with Crippen molar-refractivity contribution in [3.05, 3.63) is 17.9 Å². The molecule has 0 radical (unpaired) electrons. The summed E-state index contributed by atoms with van der Waals surface area (Å²) in [5.74, 6) is 3.77. The summed E-state index contributed by atoms with van der Waals surface area (Å²) in [6.45, 7) is 0. The van der Waals surface area contributed by atoms with Gasteiger partial charge < -0.3 is 9.32 Å². The Morgan fingerprint density at radius 1 is 1.50 bits per heavy atom. The molecule has 0 aliphatic heterocycles. The number of nitrogens with zero attached hydrogens (tertiary/aromatic N) is 1. The first-order chi connectivity index (χ1) is 4.74. The highest BCUT2D eigenvalue weighted by atomic mass is 16.4. The van der Waals surface area contributed by atoms with Gasteiger partial charge in [-0.1, -0.05) is 0 Å². The van der Waals surface area contributed by atoms with E-state index in [0.717, 1.165) is 5.88 Å². The summed E-state index contributed by atoms with van der Waals surface area (Å²) in [4.78, 5) is 1.86. The van der Waals surface area contributed by atoms with Gasteiger partial charge in [0.15, 0.2) is 11.6 Å². The zero-order valence-electron chi connectivity index (χ0n) is 6.09. The molecule has 0 spiro atoms. The largest absolute Gasteiger partial charge is 0.432 e. The maximum atomic E-state index is 5.18. The van der Waals surface area contributed by atoms with E-state index in [0.29, 0.717) is 5.76 Å². The summed E-state index contributed by atoms with van der Waals surface area (Å²) in [5.41, 5.74) is 0. The number of hydrogen-bond donors (Lipinski definition) is 0. The van der Waals surface area contributed by atoms with Crippen LogP contribution in [0.2, 0.25) is 0 Å². The molecule has 1 aromatic heterocycles. The van der Waals surface area contributed by atoms with Crippen LogP contribution in [0.4, 0.5) is 5.88 Å². The molecule has 0 saturated carbocycles. The lowest BCUT2D eigenvalue weighted by atomic mass is 10.5. The Bertz CT molecular complexity index is 254. The van der Waals surface area contributed by atoms with Crippen LogP contribution < -0.4 is 4.90 Å². The molecule has 1 heterocycles. The Morgan fingerprint density at radius 2 is 2.20 bits per heavy atom. The van der Waals surface area contributed by atoms with Crippen LogP contribution >= 0.6 is 0 Å². The molecular weight excluding hydrogens is 126 g/mol. The second-order valence-corrected chi connectivity index (χ2v) is 2.18. The molecule has 0 bridgehead atoms. The number of hydrogen-bond acceptors (Lipinski definition) is 2. The Kier molecular flexibility index (Phi) is 1.68. The van der Waals surface area contributed by atoms with Crippen molar-refractivity contribution in [2.24, 2.45) is 0 Å². The summed E-state index contributed by atoms with van der Waals surface area (Å²) in [6.07, 6.45) is 5.10. The van der Waals surface area contributed by atoms with Crippen molar-refractivity contribution in [2.75, 3.05) is 19.0 Å². The lowest BCUT2D eigenvalue weighted by Gasteiger charge is -2.05. The fourth-order valence-corrected chi connectivity index (χ4v) is 0.646. The molecule has 0 aliphatic rings. The highest BCUT2D eigenvalue weighted by Crippen LogP contribution is 2.14. The molecule has 1 aromatic rings. The van der Waals surface area contributed by atoms with E-state index in [4.69, 9.17) is 10.8 Å². The van der Waals surface area contributed by atoms with Gasteiger partial charge in [-0.25, -0.2) is 0 Å². The first-order valence-corrected chi connectivity index (χ1v) is 2.98. The summed E-state index contributed by atoms with van der Waals surface area (Å²) in [5, 5.41) is 0. The molecule has 2 nitrogen and oxygen atoms in total. The fourth-order valence-electron chi connectivity index (χ4n) is 0.646. The molecule has 1 rings (SSSR count). The Labute approximate surface area is 60.4 Å². The molecule has 52 valence electrons. The molecule has 0 aliphatic carbocycles. The van der Waals surface area contributed by atoms with Gasteiger partial charge >= 0.3 is 0 Å². The average Bonchev–Trinajstić information content (AvgIpc) is 2.34. The summed E-state index contributed by atoms with van der Waals surface area (Å²) >= 11 is 0. The number of terminal acetylenes is 1. The van der Waals surface area contributed by atoms with E-state index in [1.54, 1.807) is 6.07 Å². The van der Waals surface area contributed by atoms with Gasteiger partial charge in [-0.3, -0.25) is 0 Å². The topological polar surface area (TPSA) is 16.4 Å². The van der Waals surface area contributed by atoms with Crippen molar-refractivity contribution in [3.63, 3.8) is 0 Å². The zero-order valence-corrected chi connectivity index (χ0v) is 6.09. The lowest BCUT2D eigenvalue weighted by Crippen LogP contribution is -2.06. The zero-order chi connectivity index (χ0) is 7.56. The minimum atomic E-state index is 0.573. The highest BCUT2D eigenvalue weighted by molar-refractivity contribution is 5.37. The van der Waals surface area contributed by atoms with Crippen LogP contribution in [0.1, 0.15) is 5.76 Å². The van der Waals surface area contributed by atoms with Crippen LogP contribution in [0.5, 0.6) is 0 Å². The summed E-state index contributed by atoms with van der Waals surface area (Å²) < 4.78 is 5.18. The van der Waals surface area contributed by atoms with Gasteiger partial charge in [0, 0.05) is 20.2 Å². The Hall–Kier alpha value is -1.36. The van der Waals surface area contributed by atoms with E-state index in [9.17, 15) is 0 Å². The minimum absolute atomic E-state index is 0.573. The smallest absolute Gasteiger partial charge is 0.196 e. The van der Waals surface area contributed by atoms with Gasteiger partial charge in [0.1, 0.15) is 0 Å². The van der Waals surface area contributed by atoms with Gasteiger partial charge in [0.25, 0.3) is 0 Å². The van der Waals surface area contributed by atoms with Crippen LogP contribution in [-0.4, -0.2) is 14.1 Å². The van der Waals surface area contributed by atoms with E-state index in [1.165, 1.54) is 0 Å². The number of anilines is 1. The molecular formula is C8H9NO. The molecule has 0 fully saturated rings. The van der Waals surface area contributed by atoms with Crippen molar-refractivity contribution in [3.8, 4) is 12.3 Å². The van der Waals surface area contributed by atoms with Gasteiger partial charge in [0.2, 0.25) is 0 Å². The van der Waals surface area contributed by atoms with Gasteiger partial charge in [0.05, 0.1) is 0 Å². The SMILES string of the molecule is C#Cc1ccc(N(C)C)o1. The van der Waals surface area contributed by atoms with E-state index in [-0.39, 0.29) is 0 Å². The molecule has 0 unspecified atom stereocenters. The van der Waals surface area contributed by atoms with Crippen molar-refractivity contribution in [1.29, 1.82) is 0 Å². The predicted octanol–water partition coefficient (Wildman–Crippen LogP) is 1.33. The third kappa shape index (κ3) is 1.14. The summed E-state index contributed by atoms with van der Waals surface area (Å²) in [7, 11) is 3.80. The Balaban J connectivity index is 2.91. The van der Waals surface area contributed by atoms with Crippen LogP contribution in [-0.2, 0) is 0 Å². The number of rotatable bonds is 1. The third-order valence-corrected chi connectivity index (χ3v) is 1.17. The second kappa shape index (κ2) is 2.49. The monoisotopic (exact) mass is 135 g/mol. The summed E-state index contributed by atoms with van der Waals surface area (Å²) in [6, 6.07) is 3.62. The first-order valence-electron chi connectivity index (χ1n) is 2.98. The maximum absolute atomic E-state index is 5.18. The van der Waals surface area contributed by atoms with Crippen LogP contribution in [0, 0.1) is 12.3 Å². The molecule has 2 heteroatoms. The fraction of sp³-hybridized carbons (Fsp3) is 0.250. The predicted molar refractivity (Wildman–Crippen MR) is 41.0 cm³/mol. The normalized spacial score (nSPS) is 8.90. The second-order valence-electron chi connectivity index (χ2n) is 2.18. The van der Waals surface area contributed by atoms with Gasteiger partial charge in [-0.05, 0) is 12.0 Å². The molecule has 10 heavy (non-hydrogen) atoms. The van der Waals surface area contributed by atoms with Gasteiger partial charge in [-0.15, -0.1) is 6.42 Å². The van der Waals surface area contributed by atoms with Crippen molar-refractivity contribution in [2.45, 2.75) is 0 Å². The molecule has 0 aromatic carbocycles. The molecule has 0 atom stereocenters. The minimum Gasteiger partial charge on any atom is -0.432 e. The van der Waals surface area contributed by atoms with E-state index in [1.807, 2.05) is 25.1 Å². The van der Waals surface area contributed by atoms with Crippen molar-refractivity contribution >= 4 is 5.88 Å². The third-order valence-electron chi connectivity index (χ3n) is 1.17. The van der Waals surface area contributed by atoms with E-state index in [2.05, 4.69) is 5.92 Å². The quantitative estimate of drug-likeness (QED) is 0.540. The maximum Gasteiger partial charge on any atom is 0.196 e. The van der Waals surface area contributed by atoms with Crippen molar-refractivity contribution < 1.29 is 4.42 Å². The van der Waals surface area contributed by atoms with Gasteiger partial charge in [-0.2, -0.15) is 0 Å². The van der Waals surface area contributed by atoms with E-state index >= 15 is 0 Å². The standard InChI is InChI=1S/C8H9NO/c1-4-7-5-6-8(10-7)9(2)3/h1,5-6H,2-3H3. The average molecular weight is 135 g/mol. The van der Waals surface area contributed by atoms with Crippen LogP contribution in [0.3, 0.4) is 0 Å². The van der Waals surface area contributed by atoms with Crippen LogP contribution in [0.25, 0.3) is 0 Å². The Morgan fingerprint density at radius 3 is 2.50 bits per heavy atom. The lowest BCUT2D eigenvalue weighted by molar-refractivity contribution is 0.553. The van der Waals surface area contributed by atoms with Crippen molar-refractivity contribution in [1.82, 2.24) is 0 Å². The first kappa shape index (κ1) is 6.76. The molecule has 0 N–H and O–H groups in total. The highest BCUT2D eigenvalue weighted by Gasteiger charge is 1.98. The van der Waals surface area contributed by atoms with E-state index < -0.39 is 0 Å².